The lowest BCUT2D eigenvalue weighted by Gasteiger charge is -2.30. The van der Waals surface area contributed by atoms with Gasteiger partial charge >= 0.3 is 0 Å². The Balaban J connectivity index is 1.37. The fourth-order valence-corrected chi connectivity index (χ4v) is 4.88. The van der Waals surface area contributed by atoms with Crippen LogP contribution in [0.1, 0.15) is 28.9 Å². The highest BCUT2D eigenvalue weighted by molar-refractivity contribution is 6.04. The van der Waals surface area contributed by atoms with E-state index in [1.165, 1.54) is 18.3 Å². The zero-order valence-electron chi connectivity index (χ0n) is 16.9. The van der Waals surface area contributed by atoms with Gasteiger partial charge in [-0.25, -0.2) is 18.3 Å². The lowest BCUT2D eigenvalue weighted by atomic mass is 10.0. The standard InChI is InChI=1S/C23H18F2N6O/c24-15-4-5-17(25)16(11-15)23-12-14(23)6-9-30(23)20-7-10-31-21(29-20)19(13-27-31)28-22(32)18-3-1-2-8-26-18/h1-5,7-8,10-11,13-14H,6,9,12H2,(H,28,32)/t14-,23+/m0/s1. The summed E-state index contributed by atoms with van der Waals surface area (Å²) in [6, 6.07) is 10.5. The molecule has 1 aliphatic carbocycles. The van der Waals surface area contributed by atoms with Crippen LogP contribution in [0, 0.1) is 17.6 Å². The quantitative estimate of drug-likeness (QED) is 0.531. The maximum Gasteiger partial charge on any atom is 0.274 e. The Kier molecular flexibility index (Phi) is 4.01. The van der Waals surface area contributed by atoms with E-state index in [1.807, 2.05) is 11.0 Å². The van der Waals surface area contributed by atoms with Gasteiger partial charge in [0.1, 0.15) is 28.8 Å². The minimum absolute atomic E-state index is 0.255. The van der Waals surface area contributed by atoms with E-state index in [-0.39, 0.29) is 17.5 Å². The molecule has 1 N–H and O–H groups in total. The minimum Gasteiger partial charge on any atom is -0.346 e. The van der Waals surface area contributed by atoms with Gasteiger partial charge in [-0.2, -0.15) is 5.10 Å². The van der Waals surface area contributed by atoms with Crippen molar-refractivity contribution in [2.45, 2.75) is 18.4 Å². The second-order valence-electron chi connectivity index (χ2n) is 8.17. The number of amides is 1. The molecule has 4 aromatic rings. The third-order valence-electron chi connectivity index (χ3n) is 6.43. The first-order valence-electron chi connectivity index (χ1n) is 10.4. The van der Waals surface area contributed by atoms with E-state index in [2.05, 4.69) is 15.4 Å². The number of hydrogen-bond donors (Lipinski definition) is 1. The highest BCUT2D eigenvalue weighted by atomic mass is 19.1. The molecule has 4 heterocycles. The maximum atomic E-state index is 14.7. The molecule has 32 heavy (non-hydrogen) atoms. The van der Waals surface area contributed by atoms with Crippen LogP contribution >= 0.6 is 0 Å². The summed E-state index contributed by atoms with van der Waals surface area (Å²) < 4.78 is 30.2. The SMILES string of the molecule is O=C(Nc1cnn2ccc(N3CC[C@H]4C[C@]43c3cc(F)ccc3F)nc12)c1ccccn1. The number of pyridine rings is 1. The fourth-order valence-electron chi connectivity index (χ4n) is 4.88. The molecule has 1 aromatic carbocycles. The molecule has 1 aliphatic heterocycles. The van der Waals surface area contributed by atoms with Gasteiger partial charge in [0.25, 0.3) is 5.91 Å². The molecule has 2 aliphatic rings. The summed E-state index contributed by atoms with van der Waals surface area (Å²) in [5, 5.41) is 7.06. The van der Waals surface area contributed by atoms with Gasteiger partial charge in [-0.15, -0.1) is 0 Å². The molecule has 2 atom stereocenters. The second kappa shape index (κ2) is 6.81. The summed E-state index contributed by atoms with van der Waals surface area (Å²) in [5.41, 5.74) is 0.975. The average Bonchev–Trinajstić information content (AvgIpc) is 3.22. The lowest BCUT2D eigenvalue weighted by molar-refractivity contribution is 0.102. The highest BCUT2D eigenvalue weighted by Crippen LogP contribution is 2.63. The molecular weight excluding hydrogens is 414 g/mol. The molecular formula is C23H18F2N6O. The van der Waals surface area contributed by atoms with E-state index < -0.39 is 17.2 Å². The first-order chi connectivity index (χ1) is 15.6. The molecule has 3 aromatic heterocycles. The Morgan fingerprint density at radius 3 is 2.91 bits per heavy atom. The van der Waals surface area contributed by atoms with Crippen LogP contribution in [0.3, 0.4) is 0 Å². The lowest BCUT2D eigenvalue weighted by Crippen LogP contribution is -2.34. The Bertz CT molecular complexity index is 1360. The van der Waals surface area contributed by atoms with Gasteiger partial charge in [-0.1, -0.05) is 6.07 Å². The van der Waals surface area contributed by atoms with Gasteiger partial charge in [0.15, 0.2) is 5.65 Å². The Morgan fingerprint density at radius 1 is 1.19 bits per heavy atom. The fraction of sp³-hybridized carbons (Fsp3) is 0.217. The van der Waals surface area contributed by atoms with Crippen LogP contribution in [0.15, 0.2) is 61.1 Å². The normalized spacial score (nSPS) is 21.6. The molecule has 0 radical (unpaired) electrons. The summed E-state index contributed by atoms with van der Waals surface area (Å²) in [6.07, 6.45) is 6.46. The highest BCUT2D eigenvalue weighted by Gasteiger charge is 2.64. The third-order valence-corrected chi connectivity index (χ3v) is 6.43. The van der Waals surface area contributed by atoms with E-state index in [1.54, 1.807) is 35.1 Å². The zero-order valence-corrected chi connectivity index (χ0v) is 16.9. The molecule has 0 spiro atoms. The van der Waals surface area contributed by atoms with Crippen molar-refractivity contribution in [3.8, 4) is 0 Å². The average molecular weight is 432 g/mol. The number of carbonyl (C=O) groups excluding carboxylic acids is 1. The van der Waals surface area contributed by atoms with E-state index in [0.717, 1.165) is 18.9 Å². The topological polar surface area (TPSA) is 75.4 Å². The van der Waals surface area contributed by atoms with Gasteiger partial charge < -0.3 is 10.2 Å². The molecule has 2 fully saturated rings. The molecule has 1 amide bonds. The van der Waals surface area contributed by atoms with Crippen LogP contribution in [0.5, 0.6) is 0 Å². The van der Waals surface area contributed by atoms with Crippen LogP contribution in [0.2, 0.25) is 0 Å². The number of fused-ring (bicyclic) bond motifs is 2. The van der Waals surface area contributed by atoms with Crippen molar-refractivity contribution in [1.82, 2.24) is 19.6 Å². The summed E-state index contributed by atoms with van der Waals surface area (Å²) in [4.78, 5) is 23.4. The molecule has 1 saturated heterocycles. The van der Waals surface area contributed by atoms with Crippen LogP contribution in [0.25, 0.3) is 5.65 Å². The first kappa shape index (κ1) is 18.9. The molecule has 1 saturated carbocycles. The molecule has 0 unspecified atom stereocenters. The molecule has 0 bridgehead atoms. The first-order valence-corrected chi connectivity index (χ1v) is 10.4. The smallest absolute Gasteiger partial charge is 0.274 e. The Hall–Kier alpha value is -3.88. The number of hydrogen-bond acceptors (Lipinski definition) is 5. The molecule has 160 valence electrons. The summed E-state index contributed by atoms with van der Waals surface area (Å²) in [6.45, 7) is 0.688. The van der Waals surface area contributed by atoms with Crippen molar-refractivity contribution in [3.05, 3.63) is 83.9 Å². The zero-order chi connectivity index (χ0) is 21.9. The number of halogens is 2. The van der Waals surface area contributed by atoms with Crippen LogP contribution in [-0.4, -0.2) is 32.0 Å². The van der Waals surface area contributed by atoms with Gasteiger partial charge in [0.05, 0.1) is 11.7 Å². The van der Waals surface area contributed by atoms with Crippen molar-refractivity contribution in [2.24, 2.45) is 5.92 Å². The van der Waals surface area contributed by atoms with Crippen LogP contribution in [0.4, 0.5) is 20.3 Å². The van der Waals surface area contributed by atoms with Crippen molar-refractivity contribution >= 4 is 23.1 Å². The number of aromatic nitrogens is 4. The largest absolute Gasteiger partial charge is 0.346 e. The van der Waals surface area contributed by atoms with Gasteiger partial charge in [-0.3, -0.25) is 9.78 Å². The van der Waals surface area contributed by atoms with E-state index in [0.29, 0.717) is 29.3 Å². The van der Waals surface area contributed by atoms with E-state index in [4.69, 9.17) is 4.98 Å². The summed E-state index contributed by atoms with van der Waals surface area (Å²) in [5.74, 6) is -0.337. The van der Waals surface area contributed by atoms with Crippen molar-refractivity contribution in [2.75, 3.05) is 16.8 Å². The number of nitrogens with zero attached hydrogens (tertiary/aromatic N) is 5. The number of anilines is 2. The van der Waals surface area contributed by atoms with Gasteiger partial charge in [0, 0.05) is 24.5 Å². The van der Waals surface area contributed by atoms with E-state index in [9.17, 15) is 13.6 Å². The van der Waals surface area contributed by atoms with E-state index >= 15 is 0 Å². The molecule has 6 rings (SSSR count). The molecule has 7 nitrogen and oxygen atoms in total. The van der Waals surface area contributed by atoms with Crippen LogP contribution in [-0.2, 0) is 5.54 Å². The number of benzene rings is 1. The Labute approximate surface area is 181 Å². The maximum absolute atomic E-state index is 14.7. The van der Waals surface area contributed by atoms with Crippen molar-refractivity contribution in [3.63, 3.8) is 0 Å². The minimum atomic E-state index is -0.588. The summed E-state index contributed by atoms with van der Waals surface area (Å²) >= 11 is 0. The predicted molar refractivity (Wildman–Crippen MR) is 113 cm³/mol. The van der Waals surface area contributed by atoms with Crippen molar-refractivity contribution in [1.29, 1.82) is 0 Å². The monoisotopic (exact) mass is 432 g/mol. The number of piperidine rings is 1. The Morgan fingerprint density at radius 2 is 2.09 bits per heavy atom. The second-order valence-corrected chi connectivity index (χ2v) is 8.17. The number of nitrogens with one attached hydrogen (secondary N) is 1. The number of carbonyl (C=O) groups is 1. The molecule has 9 heteroatoms. The van der Waals surface area contributed by atoms with Crippen LogP contribution < -0.4 is 10.2 Å². The summed E-state index contributed by atoms with van der Waals surface area (Å²) in [7, 11) is 0. The van der Waals surface area contributed by atoms with Gasteiger partial charge in [0.2, 0.25) is 0 Å². The predicted octanol–water partition coefficient (Wildman–Crippen LogP) is 3.78. The van der Waals surface area contributed by atoms with Crippen molar-refractivity contribution < 1.29 is 13.6 Å². The van der Waals surface area contributed by atoms with Gasteiger partial charge in [-0.05, 0) is 55.2 Å². The third kappa shape index (κ3) is 2.77. The number of rotatable bonds is 4.